The number of carboxylic acids is 2. The summed E-state index contributed by atoms with van der Waals surface area (Å²) in [6.07, 6.45) is 3.20. The van der Waals surface area contributed by atoms with Gasteiger partial charge in [0.2, 0.25) is 0 Å². The predicted molar refractivity (Wildman–Crippen MR) is 72.6 cm³/mol. The molecule has 2 N–H and O–H groups in total. The van der Waals surface area contributed by atoms with Gasteiger partial charge in [0.15, 0.2) is 0 Å². The maximum absolute atomic E-state index is 10.4. The van der Waals surface area contributed by atoms with Crippen molar-refractivity contribution in [3.8, 4) is 0 Å². The van der Waals surface area contributed by atoms with Crippen LogP contribution in [0.1, 0.15) is 13.8 Å². The van der Waals surface area contributed by atoms with E-state index in [1.54, 1.807) is 13.8 Å². The Labute approximate surface area is 137 Å². The van der Waals surface area contributed by atoms with Crippen molar-refractivity contribution in [2.45, 2.75) is 13.8 Å². The number of carboxylic acid groups (broad SMARTS) is 2. The van der Waals surface area contributed by atoms with E-state index < -0.39 is 23.9 Å². The van der Waals surface area contributed by atoms with Crippen LogP contribution in [0.4, 0.5) is 0 Å². The van der Waals surface area contributed by atoms with E-state index in [0.717, 1.165) is 24.3 Å². The fourth-order valence-corrected chi connectivity index (χ4v) is 0.659. The normalized spacial score (nSPS) is 9.24. The second-order valence-corrected chi connectivity index (χ2v) is 2.85. The van der Waals surface area contributed by atoms with Crippen LogP contribution in [0.3, 0.4) is 0 Å². The van der Waals surface area contributed by atoms with E-state index in [1.807, 2.05) is 0 Å². The minimum Gasteiger partial charge on any atom is -0.478 e. The smallest absolute Gasteiger partial charge is 0.330 e. The Morgan fingerprint density at radius 1 is 0.762 bits per heavy atom. The molecule has 0 atom stereocenters. The van der Waals surface area contributed by atoms with E-state index in [0.29, 0.717) is 0 Å². The lowest BCUT2D eigenvalue weighted by atomic mass is 10.5. The molecule has 9 heteroatoms. The summed E-state index contributed by atoms with van der Waals surface area (Å²) >= 11 is 0. The van der Waals surface area contributed by atoms with Crippen LogP contribution in [-0.2, 0) is 28.7 Å². The lowest BCUT2D eigenvalue weighted by Crippen LogP contribution is -2.00. The van der Waals surface area contributed by atoms with Gasteiger partial charge in [-0.15, -0.1) is 0 Å². The summed E-state index contributed by atoms with van der Waals surface area (Å²) in [5.41, 5.74) is 0. The number of hydrogen-bond acceptors (Lipinski definition) is 6. The maximum atomic E-state index is 10.4. The molecule has 2 radical (unpaired) electrons. The highest BCUT2D eigenvalue weighted by molar-refractivity contribution is 5.91. The molecule has 0 fully saturated rings. The number of hydrogen-bond donors (Lipinski definition) is 2. The van der Waals surface area contributed by atoms with Crippen molar-refractivity contribution in [2.24, 2.45) is 0 Å². The molecular weight excluding hydrogens is 296 g/mol. The molecule has 0 aromatic heterocycles. The monoisotopic (exact) mass is 312 g/mol. The van der Waals surface area contributed by atoms with Gasteiger partial charge in [-0.2, -0.15) is 0 Å². The van der Waals surface area contributed by atoms with Crippen molar-refractivity contribution in [2.75, 3.05) is 13.2 Å². The molecule has 0 unspecified atom stereocenters. The summed E-state index contributed by atoms with van der Waals surface area (Å²) in [5.74, 6) is -3.59. The molecular formula is C12H16MgO8. The second-order valence-electron chi connectivity index (χ2n) is 2.85. The first-order chi connectivity index (χ1) is 9.33. The van der Waals surface area contributed by atoms with E-state index >= 15 is 0 Å². The summed E-state index contributed by atoms with van der Waals surface area (Å²) in [7, 11) is 0. The quantitative estimate of drug-likeness (QED) is 0.398. The highest BCUT2D eigenvalue weighted by Crippen LogP contribution is 1.80. The lowest BCUT2D eigenvalue weighted by Gasteiger charge is -1.92. The predicted octanol–water partition coefficient (Wildman–Crippen LogP) is -0.000200. The average molecular weight is 313 g/mol. The van der Waals surface area contributed by atoms with Crippen LogP contribution >= 0.6 is 0 Å². The highest BCUT2D eigenvalue weighted by Gasteiger charge is 1.94. The molecule has 0 bridgehead atoms. The van der Waals surface area contributed by atoms with Crippen LogP contribution in [0, 0.1) is 0 Å². The first kappa shape index (κ1) is 24.2. The van der Waals surface area contributed by atoms with Gasteiger partial charge in [-0.05, 0) is 13.8 Å². The highest BCUT2D eigenvalue weighted by atomic mass is 24.3. The molecule has 114 valence electrons. The zero-order chi connectivity index (χ0) is 16.0. The van der Waals surface area contributed by atoms with Crippen LogP contribution in [0.5, 0.6) is 0 Å². The van der Waals surface area contributed by atoms with Gasteiger partial charge in [-0.1, -0.05) is 0 Å². The molecule has 0 saturated carbocycles. The zero-order valence-electron chi connectivity index (χ0n) is 11.8. The van der Waals surface area contributed by atoms with Crippen LogP contribution in [0.15, 0.2) is 24.3 Å². The minimum absolute atomic E-state index is 0. The number of ether oxygens (including phenoxy) is 2. The van der Waals surface area contributed by atoms with Gasteiger partial charge in [0.1, 0.15) is 0 Å². The molecule has 0 aliphatic carbocycles. The van der Waals surface area contributed by atoms with Crippen molar-refractivity contribution >= 4 is 46.9 Å². The topological polar surface area (TPSA) is 127 Å². The summed E-state index contributed by atoms with van der Waals surface area (Å²) < 4.78 is 8.81. The molecule has 0 aliphatic rings. The molecule has 21 heavy (non-hydrogen) atoms. The Balaban J connectivity index is -0.000000295. The Morgan fingerprint density at radius 2 is 1.05 bits per heavy atom. The minimum atomic E-state index is -1.16. The third-order valence-corrected chi connectivity index (χ3v) is 1.30. The van der Waals surface area contributed by atoms with Gasteiger partial charge in [-0.3, -0.25) is 0 Å². The lowest BCUT2D eigenvalue weighted by molar-refractivity contribution is -0.138. The average Bonchev–Trinajstić information content (AvgIpc) is 2.35. The molecule has 0 saturated heterocycles. The fraction of sp³-hybridized carbons (Fsp3) is 0.333. The maximum Gasteiger partial charge on any atom is 0.330 e. The Bertz CT molecular complexity index is 362. The third-order valence-electron chi connectivity index (χ3n) is 1.30. The first-order valence-corrected chi connectivity index (χ1v) is 5.48. The van der Waals surface area contributed by atoms with E-state index in [4.69, 9.17) is 10.2 Å². The van der Waals surface area contributed by atoms with Gasteiger partial charge >= 0.3 is 23.9 Å². The number of esters is 2. The Hall–Kier alpha value is -1.87. The Morgan fingerprint density at radius 3 is 1.24 bits per heavy atom. The van der Waals surface area contributed by atoms with Gasteiger partial charge in [-0.25, -0.2) is 19.2 Å². The van der Waals surface area contributed by atoms with Crippen LogP contribution in [-0.4, -0.2) is 70.4 Å². The van der Waals surface area contributed by atoms with Crippen LogP contribution < -0.4 is 0 Å². The van der Waals surface area contributed by atoms with Crippen molar-refractivity contribution in [3.63, 3.8) is 0 Å². The van der Waals surface area contributed by atoms with Crippen LogP contribution in [0.2, 0.25) is 0 Å². The zero-order valence-corrected chi connectivity index (χ0v) is 13.2. The molecule has 0 spiro atoms. The summed E-state index contributed by atoms with van der Waals surface area (Å²) in [6, 6.07) is 0. The van der Waals surface area contributed by atoms with E-state index in [-0.39, 0.29) is 36.3 Å². The number of rotatable bonds is 6. The SMILES string of the molecule is CCOC(=O)/C=C/C(=O)O.CCOC(=O)/C=C/C(=O)O.[Mg]. The largest absolute Gasteiger partial charge is 0.478 e. The van der Waals surface area contributed by atoms with Crippen molar-refractivity contribution in [1.29, 1.82) is 0 Å². The number of carbonyl (C=O) groups is 4. The molecule has 0 aliphatic heterocycles. The third kappa shape index (κ3) is 23.6. The molecule has 0 amide bonds. The van der Waals surface area contributed by atoms with Crippen molar-refractivity contribution in [3.05, 3.63) is 24.3 Å². The summed E-state index contributed by atoms with van der Waals surface area (Å²) in [5, 5.41) is 16.1. The molecule has 8 nitrogen and oxygen atoms in total. The number of aliphatic carboxylic acids is 2. The standard InChI is InChI=1S/2C6H8O4.Mg/c2*1-2-10-6(9)4-3-5(7)8;/h2*3-4H,2H2,1H3,(H,7,8);/b2*4-3+;. The fourth-order valence-electron chi connectivity index (χ4n) is 0.659. The summed E-state index contributed by atoms with van der Waals surface area (Å²) in [4.78, 5) is 40.4. The second kappa shape index (κ2) is 16.2. The summed E-state index contributed by atoms with van der Waals surface area (Å²) in [6.45, 7) is 3.80. The van der Waals surface area contributed by atoms with Gasteiger partial charge in [0, 0.05) is 47.4 Å². The van der Waals surface area contributed by atoms with Crippen LogP contribution in [0.25, 0.3) is 0 Å². The molecule has 0 heterocycles. The molecule has 0 rings (SSSR count). The van der Waals surface area contributed by atoms with Gasteiger partial charge in [0.25, 0.3) is 0 Å². The number of carbonyl (C=O) groups excluding carboxylic acids is 2. The first-order valence-electron chi connectivity index (χ1n) is 5.48. The van der Waals surface area contributed by atoms with Gasteiger partial charge < -0.3 is 19.7 Å². The van der Waals surface area contributed by atoms with Gasteiger partial charge in [0.05, 0.1) is 13.2 Å². The van der Waals surface area contributed by atoms with Crippen molar-refractivity contribution in [1.82, 2.24) is 0 Å². The van der Waals surface area contributed by atoms with E-state index in [9.17, 15) is 19.2 Å². The van der Waals surface area contributed by atoms with E-state index in [2.05, 4.69) is 9.47 Å². The Kier molecular flexibility index (Phi) is 18.6. The molecule has 0 aromatic rings. The molecule has 0 aromatic carbocycles. The van der Waals surface area contributed by atoms with Crippen molar-refractivity contribution < 1.29 is 38.9 Å². The van der Waals surface area contributed by atoms with E-state index in [1.165, 1.54) is 0 Å².